The minimum Gasteiger partial charge on any atom is -0.480 e. The highest BCUT2D eigenvalue weighted by Crippen LogP contribution is 2.23. The van der Waals surface area contributed by atoms with Crippen LogP contribution in [-0.4, -0.2) is 48.3 Å². The lowest BCUT2D eigenvalue weighted by Gasteiger charge is -2.36. The van der Waals surface area contributed by atoms with Crippen molar-refractivity contribution >= 4 is 5.97 Å². The smallest absolute Gasteiger partial charge is 0.320 e. The summed E-state index contributed by atoms with van der Waals surface area (Å²) in [4.78, 5) is 13.5. The number of hydrogen-bond donors (Lipinski definition) is 1. The predicted octanol–water partition coefficient (Wildman–Crippen LogP) is 1.99. The van der Waals surface area contributed by atoms with Crippen molar-refractivity contribution in [3.8, 4) is 0 Å². The molecule has 4 heteroatoms. The number of hydrogen-bond acceptors (Lipinski definition) is 3. The molecule has 2 unspecified atom stereocenters. The molecule has 1 aliphatic heterocycles. The second-order valence-electron chi connectivity index (χ2n) is 5.21. The first kappa shape index (κ1) is 14.5. The molecular formula is C13H25NO3. The van der Waals surface area contributed by atoms with Crippen molar-refractivity contribution in [2.45, 2.75) is 51.6 Å². The highest BCUT2D eigenvalue weighted by Gasteiger charge is 2.33. The van der Waals surface area contributed by atoms with E-state index in [-0.39, 0.29) is 12.1 Å². The zero-order valence-corrected chi connectivity index (χ0v) is 11.2. The zero-order chi connectivity index (χ0) is 12.8. The summed E-state index contributed by atoms with van der Waals surface area (Å²) in [6.07, 6.45) is 4.02. The highest BCUT2D eigenvalue weighted by molar-refractivity contribution is 5.73. The quantitative estimate of drug-likeness (QED) is 0.802. The molecule has 0 aromatic heterocycles. The van der Waals surface area contributed by atoms with Crippen molar-refractivity contribution in [1.82, 2.24) is 4.90 Å². The van der Waals surface area contributed by atoms with E-state index in [1.54, 1.807) is 7.11 Å². The fraction of sp³-hybridized carbons (Fsp3) is 0.923. The molecule has 0 aliphatic carbocycles. The van der Waals surface area contributed by atoms with E-state index in [1.807, 2.05) is 0 Å². The molecule has 100 valence electrons. The maximum atomic E-state index is 11.4. The SMILES string of the molecule is COCC(C(C)C)N1CCCCCC1C(=O)O. The van der Waals surface area contributed by atoms with Crippen LogP contribution in [0.4, 0.5) is 0 Å². The molecule has 2 atom stereocenters. The Kier molecular flexibility index (Phi) is 5.92. The van der Waals surface area contributed by atoms with Crippen molar-refractivity contribution in [2.24, 2.45) is 5.92 Å². The van der Waals surface area contributed by atoms with Gasteiger partial charge in [-0.15, -0.1) is 0 Å². The van der Waals surface area contributed by atoms with Gasteiger partial charge < -0.3 is 9.84 Å². The number of rotatable bonds is 5. The van der Waals surface area contributed by atoms with Gasteiger partial charge in [-0.05, 0) is 25.3 Å². The van der Waals surface area contributed by atoms with Crippen molar-refractivity contribution in [2.75, 3.05) is 20.3 Å². The number of carboxylic acids is 1. The van der Waals surface area contributed by atoms with E-state index in [1.165, 1.54) is 0 Å². The molecule has 1 aliphatic rings. The van der Waals surface area contributed by atoms with Gasteiger partial charge in [-0.25, -0.2) is 0 Å². The molecule has 0 amide bonds. The number of carboxylic acid groups (broad SMARTS) is 1. The number of ether oxygens (including phenoxy) is 1. The number of likely N-dealkylation sites (tertiary alicyclic amines) is 1. The van der Waals surface area contributed by atoms with Crippen LogP contribution in [0.25, 0.3) is 0 Å². The second-order valence-corrected chi connectivity index (χ2v) is 5.21. The van der Waals surface area contributed by atoms with E-state index in [0.29, 0.717) is 12.5 Å². The normalized spacial score (nSPS) is 24.6. The molecule has 4 nitrogen and oxygen atoms in total. The standard InChI is InChI=1S/C13H25NO3/c1-10(2)12(9-17-3)14-8-6-4-5-7-11(14)13(15)16/h10-12H,4-9H2,1-3H3,(H,15,16). The van der Waals surface area contributed by atoms with Crippen LogP contribution in [0.5, 0.6) is 0 Å². The first-order valence-electron chi connectivity index (χ1n) is 6.55. The minimum absolute atomic E-state index is 0.208. The molecule has 0 bridgehead atoms. The van der Waals surface area contributed by atoms with Crippen molar-refractivity contribution in [3.05, 3.63) is 0 Å². The summed E-state index contributed by atoms with van der Waals surface area (Å²) in [6, 6.07) is -0.126. The third-order valence-corrected chi connectivity index (χ3v) is 3.61. The summed E-state index contributed by atoms with van der Waals surface area (Å²) >= 11 is 0. The predicted molar refractivity (Wildman–Crippen MR) is 67.1 cm³/mol. The maximum absolute atomic E-state index is 11.4. The summed E-state index contributed by atoms with van der Waals surface area (Å²) in [6.45, 7) is 5.76. The topological polar surface area (TPSA) is 49.8 Å². The molecule has 1 rings (SSSR count). The van der Waals surface area contributed by atoms with Gasteiger partial charge in [-0.3, -0.25) is 9.69 Å². The van der Waals surface area contributed by atoms with E-state index in [9.17, 15) is 9.90 Å². The Labute approximate surface area is 104 Å². The lowest BCUT2D eigenvalue weighted by Crippen LogP contribution is -2.51. The van der Waals surface area contributed by atoms with Crippen LogP contribution in [0.15, 0.2) is 0 Å². The first-order valence-corrected chi connectivity index (χ1v) is 6.55. The van der Waals surface area contributed by atoms with Crippen molar-refractivity contribution in [3.63, 3.8) is 0 Å². The van der Waals surface area contributed by atoms with Crippen molar-refractivity contribution in [1.29, 1.82) is 0 Å². The van der Waals surface area contributed by atoms with Gasteiger partial charge in [-0.1, -0.05) is 26.7 Å². The molecule has 1 N–H and O–H groups in total. The summed E-state index contributed by atoms with van der Waals surface area (Å²) in [5, 5.41) is 9.35. The summed E-state index contributed by atoms with van der Waals surface area (Å²) in [7, 11) is 1.68. The Bertz CT molecular complexity index is 243. The Hall–Kier alpha value is -0.610. The highest BCUT2D eigenvalue weighted by atomic mass is 16.5. The van der Waals surface area contributed by atoms with Gasteiger partial charge in [0, 0.05) is 13.2 Å². The fourth-order valence-electron chi connectivity index (χ4n) is 2.63. The number of carbonyl (C=O) groups is 1. The molecule has 0 spiro atoms. The monoisotopic (exact) mass is 243 g/mol. The van der Waals surface area contributed by atoms with Crippen LogP contribution in [0.3, 0.4) is 0 Å². The van der Waals surface area contributed by atoms with Gasteiger partial charge in [0.05, 0.1) is 6.61 Å². The lowest BCUT2D eigenvalue weighted by molar-refractivity contribution is -0.145. The fourth-order valence-corrected chi connectivity index (χ4v) is 2.63. The van der Waals surface area contributed by atoms with Crippen LogP contribution in [-0.2, 0) is 9.53 Å². The Morgan fingerprint density at radius 1 is 1.41 bits per heavy atom. The third kappa shape index (κ3) is 3.96. The summed E-state index contributed by atoms with van der Waals surface area (Å²) < 4.78 is 5.25. The van der Waals surface area contributed by atoms with Crippen LogP contribution in [0.1, 0.15) is 39.5 Å². The number of nitrogens with zero attached hydrogens (tertiary/aromatic N) is 1. The van der Waals surface area contributed by atoms with Crippen LogP contribution in [0, 0.1) is 5.92 Å². The van der Waals surface area contributed by atoms with Gasteiger partial charge >= 0.3 is 5.97 Å². The molecule has 1 fully saturated rings. The van der Waals surface area contributed by atoms with E-state index < -0.39 is 5.97 Å². The van der Waals surface area contributed by atoms with Crippen molar-refractivity contribution < 1.29 is 14.6 Å². The number of methoxy groups -OCH3 is 1. The summed E-state index contributed by atoms with van der Waals surface area (Å²) in [5.41, 5.74) is 0. The first-order chi connectivity index (χ1) is 8.07. The average Bonchev–Trinajstić information content (AvgIpc) is 2.50. The van der Waals surface area contributed by atoms with Gasteiger partial charge in [0.1, 0.15) is 6.04 Å². The largest absolute Gasteiger partial charge is 0.480 e. The van der Waals surface area contributed by atoms with E-state index in [4.69, 9.17) is 4.74 Å². The molecule has 1 heterocycles. The summed E-state index contributed by atoms with van der Waals surface area (Å²) in [5.74, 6) is -0.274. The molecular weight excluding hydrogens is 218 g/mol. The Morgan fingerprint density at radius 3 is 2.65 bits per heavy atom. The third-order valence-electron chi connectivity index (χ3n) is 3.61. The van der Waals surface area contributed by atoms with Gasteiger partial charge in [0.2, 0.25) is 0 Å². The van der Waals surface area contributed by atoms with E-state index >= 15 is 0 Å². The maximum Gasteiger partial charge on any atom is 0.320 e. The molecule has 0 saturated carbocycles. The average molecular weight is 243 g/mol. The molecule has 0 aromatic carbocycles. The second kappa shape index (κ2) is 6.97. The van der Waals surface area contributed by atoms with E-state index in [0.717, 1.165) is 32.2 Å². The van der Waals surface area contributed by atoms with Crippen LogP contribution in [0.2, 0.25) is 0 Å². The Balaban J connectivity index is 2.81. The van der Waals surface area contributed by atoms with E-state index in [2.05, 4.69) is 18.7 Å². The molecule has 0 aromatic rings. The molecule has 0 radical (unpaired) electrons. The van der Waals surface area contributed by atoms with Crippen LogP contribution >= 0.6 is 0 Å². The lowest BCUT2D eigenvalue weighted by atomic mass is 10.00. The van der Waals surface area contributed by atoms with Gasteiger partial charge in [0.25, 0.3) is 0 Å². The number of aliphatic carboxylic acids is 1. The Morgan fingerprint density at radius 2 is 2.12 bits per heavy atom. The molecule has 1 saturated heterocycles. The van der Waals surface area contributed by atoms with Crippen LogP contribution < -0.4 is 0 Å². The molecule has 17 heavy (non-hydrogen) atoms. The minimum atomic E-state index is -0.686. The van der Waals surface area contributed by atoms with Gasteiger partial charge in [0.15, 0.2) is 0 Å². The zero-order valence-electron chi connectivity index (χ0n) is 11.2. The van der Waals surface area contributed by atoms with Gasteiger partial charge in [-0.2, -0.15) is 0 Å².